The molecule has 10 nitrogen and oxygen atoms in total. The monoisotopic (exact) mass is 309 g/mol. The number of imidazole rings is 1. The average molecular weight is 309 g/mol. The van der Waals surface area contributed by atoms with E-state index in [1.165, 1.54) is 23.2 Å². The topological polar surface area (TPSA) is 160 Å². The molecule has 0 spiro atoms. The minimum absolute atomic E-state index is 0.101. The Labute approximate surface area is 123 Å². The summed E-state index contributed by atoms with van der Waals surface area (Å²) in [5, 5.41) is 28.9. The molecule has 4 atom stereocenters. The fourth-order valence-electron chi connectivity index (χ4n) is 2.36. The number of hydrogen-bond donors (Lipinski definition) is 5. The number of hydrogen-bond acceptors (Lipinski definition) is 8. The molecule has 1 saturated heterocycles. The highest BCUT2D eigenvalue weighted by Gasteiger charge is 2.44. The normalized spacial score (nSPS) is 28.1. The van der Waals surface area contributed by atoms with E-state index in [0.717, 1.165) is 0 Å². The summed E-state index contributed by atoms with van der Waals surface area (Å²) in [5.41, 5.74) is 5.83. The second kappa shape index (κ2) is 5.50. The van der Waals surface area contributed by atoms with Crippen molar-refractivity contribution in [3.63, 3.8) is 0 Å². The zero-order valence-electron chi connectivity index (χ0n) is 11.3. The van der Waals surface area contributed by atoms with Gasteiger partial charge in [0.05, 0.1) is 12.9 Å². The van der Waals surface area contributed by atoms with E-state index in [2.05, 4.69) is 15.0 Å². The smallest absolute Gasteiger partial charge is 0.251 e. The van der Waals surface area contributed by atoms with Crippen LogP contribution >= 0.6 is 0 Å². The summed E-state index contributed by atoms with van der Waals surface area (Å²) >= 11 is 0. The molecule has 1 aliphatic heterocycles. The molecule has 118 valence electrons. The summed E-state index contributed by atoms with van der Waals surface area (Å²) in [6.45, 7) is -0.441. The van der Waals surface area contributed by atoms with Crippen molar-refractivity contribution in [3.05, 3.63) is 28.9 Å². The van der Waals surface area contributed by atoms with Gasteiger partial charge in [0.15, 0.2) is 12.1 Å². The van der Waals surface area contributed by atoms with Gasteiger partial charge in [-0.25, -0.2) is 9.97 Å². The number of rotatable bonds is 3. The lowest BCUT2D eigenvalue weighted by molar-refractivity contribution is -0.0517. The van der Waals surface area contributed by atoms with Crippen molar-refractivity contribution in [1.29, 1.82) is 0 Å². The van der Waals surface area contributed by atoms with Crippen molar-refractivity contribution in [2.75, 3.05) is 12.3 Å². The maximum Gasteiger partial charge on any atom is 0.251 e. The van der Waals surface area contributed by atoms with E-state index in [9.17, 15) is 15.0 Å². The van der Waals surface area contributed by atoms with Crippen LogP contribution in [0.2, 0.25) is 0 Å². The van der Waals surface area contributed by atoms with Crippen molar-refractivity contribution >= 4 is 5.82 Å². The number of H-pyrrole nitrogens is 1. The predicted molar refractivity (Wildman–Crippen MR) is 73.5 cm³/mol. The van der Waals surface area contributed by atoms with E-state index in [4.69, 9.17) is 15.6 Å². The number of nitrogens with zero attached hydrogens (tertiary/aromatic N) is 3. The number of ether oxygens (including phenoxy) is 1. The molecule has 1 fully saturated rings. The molecule has 3 rings (SSSR count). The first kappa shape index (κ1) is 14.7. The van der Waals surface area contributed by atoms with Gasteiger partial charge in [-0.1, -0.05) is 0 Å². The number of anilines is 1. The van der Waals surface area contributed by atoms with Crippen LogP contribution in [0.1, 0.15) is 6.23 Å². The number of aliphatic hydroxyl groups excluding tert-OH is 3. The Morgan fingerprint density at radius 2 is 2.14 bits per heavy atom. The summed E-state index contributed by atoms with van der Waals surface area (Å²) in [6.07, 6.45) is -1.81. The molecule has 1 aliphatic rings. The van der Waals surface area contributed by atoms with Crippen LogP contribution in [0.4, 0.5) is 5.82 Å². The van der Waals surface area contributed by atoms with Crippen molar-refractivity contribution in [2.24, 2.45) is 0 Å². The van der Waals surface area contributed by atoms with Crippen LogP contribution in [-0.4, -0.2) is 59.8 Å². The molecule has 0 radical (unpaired) electrons. The molecule has 0 aromatic carbocycles. The molecule has 10 heteroatoms. The van der Waals surface area contributed by atoms with Gasteiger partial charge in [-0.2, -0.15) is 0 Å². The highest BCUT2D eigenvalue weighted by Crippen LogP contribution is 2.33. The number of nitrogens with one attached hydrogen (secondary N) is 1. The second-order valence-corrected chi connectivity index (χ2v) is 4.90. The summed E-state index contributed by atoms with van der Waals surface area (Å²) in [7, 11) is 0. The Kier molecular flexibility index (Phi) is 3.66. The van der Waals surface area contributed by atoms with E-state index < -0.39 is 31.1 Å². The Balaban J connectivity index is 1.96. The molecular formula is C12H15N5O5. The molecule has 22 heavy (non-hydrogen) atoms. The van der Waals surface area contributed by atoms with Gasteiger partial charge in [0.25, 0.3) is 5.56 Å². The van der Waals surface area contributed by atoms with Crippen molar-refractivity contribution in [2.45, 2.75) is 24.5 Å². The lowest BCUT2D eigenvalue weighted by Gasteiger charge is -2.17. The first-order valence-electron chi connectivity index (χ1n) is 6.53. The lowest BCUT2D eigenvalue weighted by atomic mass is 10.1. The fraction of sp³-hybridized carbons (Fsp3) is 0.417. The predicted octanol–water partition coefficient (Wildman–Crippen LogP) is -2.17. The van der Waals surface area contributed by atoms with Crippen molar-refractivity contribution < 1.29 is 20.1 Å². The largest absolute Gasteiger partial charge is 0.394 e. The minimum Gasteiger partial charge on any atom is -0.394 e. The zero-order valence-corrected chi connectivity index (χ0v) is 11.3. The molecule has 0 saturated carbocycles. The first-order chi connectivity index (χ1) is 10.5. The molecule has 6 N–H and O–H groups in total. The van der Waals surface area contributed by atoms with Gasteiger partial charge in [-0.05, 0) is 0 Å². The number of aliphatic hydroxyl groups is 3. The third kappa shape index (κ3) is 2.27. The van der Waals surface area contributed by atoms with Crippen molar-refractivity contribution in [1.82, 2.24) is 19.5 Å². The van der Waals surface area contributed by atoms with Gasteiger partial charge >= 0.3 is 0 Å². The minimum atomic E-state index is -1.27. The van der Waals surface area contributed by atoms with Gasteiger partial charge in [0, 0.05) is 12.3 Å². The molecule has 0 aliphatic carbocycles. The average Bonchev–Trinajstić information content (AvgIpc) is 3.01. The van der Waals surface area contributed by atoms with Gasteiger partial charge < -0.3 is 30.8 Å². The van der Waals surface area contributed by atoms with Gasteiger partial charge in [-0.3, -0.25) is 9.36 Å². The molecular weight excluding hydrogens is 294 g/mol. The number of aromatic amines is 1. The first-order valence-corrected chi connectivity index (χ1v) is 6.53. The Hall–Kier alpha value is -2.27. The van der Waals surface area contributed by atoms with E-state index in [0.29, 0.717) is 0 Å². The molecule has 0 unspecified atom stereocenters. The third-order valence-electron chi connectivity index (χ3n) is 3.52. The van der Waals surface area contributed by atoms with Gasteiger partial charge in [0.1, 0.15) is 29.8 Å². The highest BCUT2D eigenvalue weighted by molar-refractivity contribution is 5.64. The van der Waals surface area contributed by atoms with E-state index in [1.54, 1.807) is 0 Å². The second-order valence-electron chi connectivity index (χ2n) is 4.90. The van der Waals surface area contributed by atoms with Gasteiger partial charge in [-0.15, -0.1) is 0 Å². The summed E-state index contributed by atoms with van der Waals surface area (Å²) < 4.78 is 6.69. The Bertz CT molecular complexity index is 729. The standard InChI is InChI=1S/C12H15N5O5/c13-10-7(11-14-2-1-6(19)16-11)15-4-17(10)12-9(21)8(20)5(3-18)22-12/h1-2,4-5,8-9,12,18,20-21H,3,13H2,(H,14,16,19)/t5-,8-,9-,12-/m1/s1. The van der Waals surface area contributed by atoms with Crippen LogP contribution in [-0.2, 0) is 4.74 Å². The highest BCUT2D eigenvalue weighted by atomic mass is 16.6. The van der Waals surface area contributed by atoms with E-state index in [1.807, 2.05) is 0 Å². The SMILES string of the molecule is Nc1c(-c2nccc(=O)[nH]2)ncn1[C@@H]1O[C@H](CO)[C@@H](O)[C@H]1O. The molecule has 3 heterocycles. The summed E-state index contributed by atoms with van der Waals surface area (Å²) in [6, 6.07) is 1.25. The maximum absolute atomic E-state index is 11.3. The Morgan fingerprint density at radius 3 is 2.77 bits per heavy atom. The quantitative estimate of drug-likeness (QED) is 0.428. The third-order valence-corrected chi connectivity index (χ3v) is 3.52. The van der Waals surface area contributed by atoms with Crippen LogP contribution in [0.5, 0.6) is 0 Å². The van der Waals surface area contributed by atoms with Crippen LogP contribution in [0.25, 0.3) is 11.5 Å². The molecule has 0 amide bonds. The number of nitrogen functional groups attached to an aromatic ring is 1. The van der Waals surface area contributed by atoms with Crippen LogP contribution in [0, 0.1) is 0 Å². The van der Waals surface area contributed by atoms with Crippen LogP contribution < -0.4 is 11.3 Å². The summed E-state index contributed by atoms with van der Waals surface area (Å²) in [5.74, 6) is 0.277. The van der Waals surface area contributed by atoms with Crippen LogP contribution in [0.3, 0.4) is 0 Å². The van der Waals surface area contributed by atoms with E-state index in [-0.39, 0.29) is 22.9 Å². The molecule has 2 aromatic heterocycles. The molecule has 2 aromatic rings. The lowest BCUT2D eigenvalue weighted by Crippen LogP contribution is -2.33. The summed E-state index contributed by atoms with van der Waals surface area (Å²) in [4.78, 5) is 21.8. The molecule has 0 bridgehead atoms. The Morgan fingerprint density at radius 1 is 1.36 bits per heavy atom. The number of aromatic nitrogens is 4. The number of nitrogens with two attached hydrogens (primary N) is 1. The van der Waals surface area contributed by atoms with Gasteiger partial charge in [0.2, 0.25) is 0 Å². The zero-order chi connectivity index (χ0) is 15.9. The van der Waals surface area contributed by atoms with Crippen LogP contribution in [0.15, 0.2) is 23.4 Å². The maximum atomic E-state index is 11.3. The van der Waals surface area contributed by atoms with E-state index >= 15 is 0 Å². The fourth-order valence-corrected chi connectivity index (χ4v) is 2.36. The van der Waals surface area contributed by atoms with Crippen molar-refractivity contribution in [3.8, 4) is 11.5 Å².